The highest BCUT2D eigenvalue weighted by molar-refractivity contribution is 5.77. The lowest BCUT2D eigenvalue weighted by Crippen LogP contribution is -2.23. The number of oxazole rings is 1. The van der Waals surface area contributed by atoms with Gasteiger partial charge in [0.2, 0.25) is 5.91 Å². The highest BCUT2D eigenvalue weighted by Crippen LogP contribution is 2.14. The smallest absolute Gasteiger partial charge is 0.408 e. The van der Waals surface area contributed by atoms with Crippen molar-refractivity contribution < 1.29 is 9.21 Å². The molecule has 2 aromatic carbocycles. The molecule has 1 heterocycles. The van der Waals surface area contributed by atoms with Gasteiger partial charge in [-0.05, 0) is 29.7 Å². The minimum Gasteiger partial charge on any atom is -0.408 e. The van der Waals surface area contributed by atoms with Gasteiger partial charge in [0.1, 0.15) is 0 Å². The molecule has 0 radical (unpaired) electrons. The van der Waals surface area contributed by atoms with Crippen molar-refractivity contribution >= 4 is 17.0 Å². The van der Waals surface area contributed by atoms with Crippen molar-refractivity contribution in [3.8, 4) is 0 Å². The molecule has 0 aliphatic heterocycles. The summed E-state index contributed by atoms with van der Waals surface area (Å²) in [5, 5.41) is 2.90. The van der Waals surface area contributed by atoms with Gasteiger partial charge in [0.25, 0.3) is 0 Å². The van der Waals surface area contributed by atoms with Crippen LogP contribution in [0.4, 0.5) is 0 Å². The number of carbonyl (C=O) groups is 1. The molecule has 0 saturated heterocycles. The first kappa shape index (κ1) is 15.1. The summed E-state index contributed by atoms with van der Waals surface area (Å²) in [6, 6.07) is 15.4. The van der Waals surface area contributed by atoms with Crippen LogP contribution in [0.5, 0.6) is 0 Å². The Morgan fingerprint density at radius 2 is 1.91 bits per heavy atom. The van der Waals surface area contributed by atoms with Gasteiger partial charge in [0.15, 0.2) is 5.58 Å². The number of aromatic nitrogens is 1. The minimum atomic E-state index is -0.385. The standard InChI is InChI=1S/C18H18N2O3/c1-20-15-11-14(7-9-16(15)23-18(20)22)12-19-17(21)10-8-13-5-3-2-4-6-13/h2-7,9,11H,8,10,12H2,1H3,(H,19,21). The Morgan fingerprint density at radius 1 is 1.13 bits per heavy atom. The molecule has 1 N–H and O–H groups in total. The van der Waals surface area contributed by atoms with Gasteiger partial charge in [-0.2, -0.15) is 0 Å². The molecule has 0 aliphatic rings. The molecule has 0 saturated carbocycles. The Hall–Kier alpha value is -2.82. The molecule has 5 nitrogen and oxygen atoms in total. The van der Waals surface area contributed by atoms with E-state index in [0.717, 1.165) is 23.1 Å². The van der Waals surface area contributed by atoms with Crippen LogP contribution in [0.2, 0.25) is 0 Å². The highest BCUT2D eigenvalue weighted by atomic mass is 16.4. The predicted octanol–water partition coefficient (Wildman–Crippen LogP) is 2.38. The third kappa shape index (κ3) is 3.51. The first-order valence-corrected chi connectivity index (χ1v) is 7.52. The van der Waals surface area contributed by atoms with Crippen LogP contribution in [0.25, 0.3) is 11.1 Å². The van der Waals surface area contributed by atoms with E-state index in [9.17, 15) is 9.59 Å². The summed E-state index contributed by atoms with van der Waals surface area (Å²) in [4.78, 5) is 23.4. The van der Waals surface area contributed by atoms with E-state index in [0.29, 0.717) is 18.5 Å². The van der Waals surface area contributed by atoms with Crippen LogP contribution >= 0.6 is 0 Å². The number of hydrogen-bond acceptors (Lipinski definition) is 3. The second-order valence-corrected chi connectivity index (χ2v) is 5.49. The first-order chi connectivity index (χ1) is 11.1. The molecule has 0 spiro atoms. The van der Waals surface area contributed by atoms with Crippen LogP contribution in [0.1, 0.15) is 17.5 Å². The lowest BCUT2D eigenvalue weighted by atomic mass is 10.1. The van der Waals surface area contributed by atoms with E-state index in [1.165, 1.54) is 4.57 Å². The van der Waals surface area contributed by atoms with Crippen molar-refractivity contribution in [1.29, 1.82) is 0 Å². The van der Waals surface area contributed by atoms with Crippen LogP contribution in [0.3, 0.4) is 0 Å². The molecule has 1 aromatic heterocycles. The molecule has 23 heavy (non-hydrogen) atoms. The topological polar surface area (TPSA) is 64.2 Å². The van der Waals surface area contributed by atoms with E-state index in [1.807, 2.05) is 42.5 Å². The quantitative estimate of drug-likeness (QED) is 0.787. The Morgan fingerprint density at radius 3 is 2.70 bits per heavy atom. The Kier molecular flexibility index (Phi) is 4.28. The molecule has 1 amide bonds. The largest absolute Gasteiger partial charge is 0.419 e. The van der Waals surface area contributed by atoms with Gasteiger partial charge in [-0.25, -0.2) is 4.79 Å². The number of nitrogens with one attached hydrogen (secondary N) is 1. The lowest BCUT2D eigenvalue weighted by molar-refractivity contribution is -0.121. The molecular formula is C18H18N2O3. The number of carbonyl (C=O) groups excluding carboxylic acids is 1. The molecule has 0 fully saturated rings. The summed E-state index contributed by atoms with van der Waals surface area (Å²) in [5.41, 5.74) is 3.36. The van der Waals surface area contributed by atoms with Gasteiger partial charge in [0.05, 0.1) is 5.52 Å². The second kappa shape index (κ2) is 6.52. The maximum atomic E-state index is 11.9. The number of amides is 1. The van der Waals surface area contributed by atoms with Crippen molar-refractivity contribution in [2.75, 3.05) is 0 Å². The van der Waals surface area contributed by atoms with Crippen LogP contribution in [0.15, 0.2) is 57.7 Å². The van der Waals surface area contributed by atoms with Crippen molar-refractivity contribution in [1.82, 2.24) is 9.88 Å². The number of fused-ring (bicyclic) bond motifs is 1. The fourth-order valence-electron chi connectivity index (χ4n) is 2.47. The molecule has 0 aliphatic carbocycles. The van der Waals surface area contributed by atoms with E-state index in [-0.39, 0.29) is 11.7 Å². The van der Waals surface area contributed by atoms with E-state index in [1.54, 1.807) is 13.1 Å². The third-order valence-corrected chi connectivity index (χ3v) is 3.83. The molecule has 0 bridgehead atoms. The number of rotatable bonds is 5. The summed E-state index contributed by atoms with van der Waals surface area (Å²) >= 11 is 0. The maximum absolute atomic E-state index is 11.9. The normalized spacial score (nSPS) is 10.8. The maximum Gasteiger partial charge on any atom is 0.419 e. The van der Waals surface area contributed by atoms with Gasteiger partial charge in [0, 0.05) is 20.0 Å². The Bertz CT molecular complexity index is 878. The first-order valence-electron chi connectivity index (χ1n) is 7.52. The Balaban J connectivity index is 1.58. The van der Waals surface area contributed by atoms with E-state index >= 15 is 0 Å². The SMILES string of the molecule is Cn1c(=O)oc2ccc(CNC(=O)CCc3ccccc3)cc21. The van der Waals surface area contributed by atoms with Gasteiger partial charge in [-0.15, -0.1) is 0 Å². The number of benzene rings is 2. The molecule has 0 unspecified atom stereocenters. The van der Waals surface area contributed by atoms with Crippen molar-refractivity contribution in [2.24, 2.45) is 7.05 Å². The molecule has 118 valence electrons. The summed E-state index contributed by atoms with van der Waals surface area (Å²) in [6.45, 7) is 0.433. The lowest BCUT2D eigenvalue weighted by Gasteiger charge is -2.06. The van der Waals surface area contributed by atoms with E-state index < -0.39 is 0 Å². The van der Waals surface area contributed by atoms with Crippen molar-refractivity contribution in [3.05, 3.63) is 70.2 Å². The summed E-state index contributed by atoms with van der Waals surface area (Å²) in [6.07, 6.45) is 1.18. The van der Waals surface area contributed by atoms with Crippen LogP contribution < -0.4 is 11.1 Å². The van der Waals surface area contributed by atoms with Gasteiger partial charge >= 0.3 is 5.76 Å². The summed E-state index contributed by atoms with van der Waals surface area (Å²) in [7, 11) is 1.66. The van der Waals surface area contributed by atoms with Crippen LogP contribution in [-0.2, 0) is 24.8 Å². The minimum absolute atomic E-state index is 0.00929. The van der Waals surface area contributed by atoms with Gasteiger partial charge in [-0.3, -0.25) is 9.36 Å². The number of nitrogens with zero attached hydrogens (tertiary/aromatic N) is 1. The molecule has 5 heteroatoms. The third-order valence-electron chi connectivity index (χ3n) is 3.83. The van der Waals surface area contributed by atoms with Crippen LogP contribution in [-0.4, -0.2) is 10.5 Å². The monoisotopic (exact) mass is 310 g/mol. The Labute approximate surface area is 133 Å². The zero-order valence-electron chi connectivity index (χ0n) is 12.9. The van der Waals surface area contributed by atoms with E-state index in [2.05, 4.69) is 5.32 Å². The fourth-order valence-corrected chi connectivity index (χ4v) is 2.47. The van der Waals surface area contributed by atoms with Crippen molar-refractivity contribution in [2.45, 2.75) is 19.4 Å². The zero-order chi connectivity index (χ0) is 16.2. The molecule has 3 aromatic rings. The number of hydrogen-bond donors (Lipinski definition) is 1. The van der Waals surface area contributed by atoms with Gasteiger partial charge < -0.3 is 9.73 Å². The van der Waals surface area contributed by atoms with Crippen LogP contribution in [0, 0.1) is 0 Å². The zero-order valence-corrected chi connectivity index (χ0v) is 12.9. The average Bonchev–Trinajstić information content (AvgIpc) is 2.86. The molecule has 0 atom stereocenters. The summed E-state index contributed by atoms with van der Waals surface area (Å²) in [5.74, 6) is -0.376. The van der Waals surface area contributed by atoms with Crippen molar-refractivity contribution in [3.63, 3.8) is 0 Å². The highest BCUT2D eigenvalue weighted by Gasteiger charge is 2.07. The summed E-state index contributed by atoms with van der Waals surface area (Å²) < 4.78 is 6.54. The molecular weight excluding hydrogens is 292 g/mol. The molecule has 3 rings (SSSR count). The second-order valence-electron chi connectivity index (χ2n) is 5.49. The predicted molar refractivity (Wildman–Crippen MR) is 88.1 cm³/mol. The van der Waals surface area contributed by atoms with E-state index in [4.69, 9.17) is 4.42 Å². The average molecular weight is 310 g/mol. The van der Waals surface area contributed by atoms with Gasteiger partial charge in [-0.1, -0.05) is 36.4 Å². The number of aryl methyl sites for hydroxylation is 2. The fraction of sp³-hybridized carbons (Fsp3) is 0.222.